The van der Waals surface area contributed by atoms with Gasteiger partial charge >= 0.3 is 41.5 Å². The van der Waals surface area contributed by atoms with Gasteiger partial charge in [-0.05, 0) is 12.8 Å². The van der Waals surface area contributed by atoms with Crippen LogP contribution >= 0.6 is 0 Å². The van der Waals surface area contributed by atoms with E-state index in [-0.39, 0.29) is 54.3 Å². The summed E-state index contributed by atoms with van der Waals surface area (Å²) in [5.41, 5.74) is 0. The molecule has 0 aliphatic heterocycles. The molecule has 0 saturated heterocycles. The molecule has 0 saturated carbocycles. The van der Waals surface area contributed by atoms with E-state index in [4.69, 9.17) is 9.47 Å². The second-order valence-corrected chi connectivity index (χ2v) is 5.77. The Bertz CT molecular complexity index is 254. The molecule has 0 bridgehead atoms. The molecule has 0 radical (unpaired) electrons. The Morgan fingerprint density at radius 3 is 1.30 bits per heavy atom. The molecule has 4 nitrogen and oxygen atoms in total. The molecule has 0 spiro atoms. The molecule has 0 heterocycles. The number of unbranched alkanes of at least 4 members (excludes halogenated alkanes) is 8. The van der Waals surface area contributed by atoms with Gasteiger partial charge in [0.25, 0.3) is 0 Å². The standard InChI is InChI=1S/C18H34O4.Na.H/c1-3-5-7-9-11-15-21-17(19)13-14-18(20)22-16-12-10-8-6-4-2;;/h3-16H2,1-2H3;;. The first-order valence-corrected chi connectivity index (χ1v) is 9.02. The Morgan fingerprint density at radius 1 is 0.609 bits per heavy atom. The molecule has 0 aliphatic carbocycles. The van der Waals surface area contributed by atoms with E-state index < -0.39 is 0 Å². The van der Waals surface area contributed by atoms with Gasteiger partial charge in [-0.15, -0.1) is 0 Å². The molecule has 0 amide bonds. The van der Waals surface area contributed by atoms with Crippen molar-refractivity contribution in [3.8, 4) is 0 Å². The van der Waals surface area contributed by atoms with Crippen molar-refractivity contribution in [3.63, 3.8) is 0 Å². The van der Waals surface area contributed by atoms with E-state index in [1.165, 1.54) is 38.5 Å². The summed E-state index contributed by atoms with van der Waals surface area (Å²) >= 11 is 0. The number of rotatable bonds is 15. The van der Waals surface area contributed by atoms with Gasteiger partial charge in [-0.3, -0.25) is 9.59 Å². The number of esters is 2. The predicted octanol–water partition coefficient (Wildman–Crippen LogP) is 4.15. The summed E-state index contributed by atoms with van der Waals surface area (Å²) in [7, 11) is 0. The summed E-state index contributed by atoms with van der Waals surface area (Å²) in [6.45, 7) is 5.28. The summed E-state index contributed by atoms with van der Waals surface area (Å²) in [5.74, 6) is -0.592. The van der Waals surface area contributed by atoms with Crippen LogP contribution in [0.15, 0.2) is 0 Å². The van der Waals surface area contributed by atoms with Gasteiger partial charge in [-0.2, -0.15) is 0 Å². The molecule has 5 heteroatoms. The van der Waals surface area contributed by atoms with Crippen molar-refractivity contribution in [1.29, 1.82) is 0 Å². The SMILES string of the molecule is CCCCCCCOC(=O)CCC(=O)OCCCCCCC.[NaH]. The molecule has 0 N–H and O–H groups in total. The first-order chi connectivity index (χ1) is 10.7. The molecule has 0 rings (SSSR count). The molecular weight excluding hydrogens is 303 g/mol. The summed E-state index contributed by atoms with van der Waals surface area (Å²) < 4.78 is 10.2. The first-order valence-electron chi connectivity index (χ1n) is 9.02. The third-order valence-electron chi connectivity index (χ3n) is 3.56. The number of ether oxygens (including phenoxy) is 2. The molecule has 23 heavy (non-hydrogen) atoms. The third kappa shape index (κ3) is 19.9. The van der Waals surface area contributed by atoms with Crippen molar-refractivity contribution in [2.45, 2.75) is 90.9 Å². The summed E-state index contributed by atoms with van der Waals surface area (Å²) in [6, 6.07) is 0. The van der Waals surface area contributed by atoms with Crippen LogP contribution in [0.1, 0.15) is 90.9 Å². The van der Waals surface area contributed by atoms with Crippen molar-refractivity contribution in [3.05, 3.63) is 0 Å². The number of hydrogen-bond acceptors (Lipinski definition) is 4. The van der Waals surface area contributed by atoms with Gasteiger partial charge < -0.3 is 9.47 Å². The first kappa shape index (κ1) is 25.2. The fourth-order valence-electron chi connectivity index (χ4n) is 2.13. The van der Waals surface area contributed by atoms with Crippen molar-refractivity contribution in [2.24, 2.45) is 0 Å². The van der Waals surface area contributed by atoms with E-state index in [1.807, 2.05) is 0 Å². The van der Waals surface area contributed by atoms with Crippen LogP contribution in [-0.4, -0.2) is 54.7 Å². The average Bonchev–Trinajstić information content (AvgIpc) is 2.52. The Kier molecular flexibility index (Phi) is 21.9. The van der Waals surface area contributed by atoms with Gasteiger partial charge in [-0.25, -0.2) is 0 Å². The molecule has 132 valence electrons. The molecule has 0 unspecified atom stereocenters. The van der Waals surface area contributed by atoms with E-state index in [0.29, 0.717) is 13.2 Å². The molecule has 0 aromatic carbocycles. The second kappa shape index (κ2) is 20.0. The van der Waals surface area contributed by atoms with E-state index in [0.717, 1.165) is 25.7 Å². The van der Waals surface area contributed by atoms with E-state index in [1.54, 1.807) is 0 Å². The van der Waals surface area contributed by atoms with Crippen LogP contribution < -0.4 is 0 Å². The zero-order chi connectivity index (χ0) is 16.5. The summed E-state index contributed by atoms with van der Waals surface area (Å²) in [6.07, 6.45) is 11.5. The van der Waals surface area contributed by atoms with Crippen molar-refractivity contribution >= 4 is 41.5 Å². The number of carbonyl (C=O) groups is 2. The van der Waals surface area contributed by atoms with Crippen LogP contribution in [0.2, 0.25) is 0 Å². The van der Waals surface area contributed by atoms with Crippen LogP contribution in [0.25, 0.3) is 0 Å². The van der Waals surface area contributed by atoms with Gasteiger partial charge in [0.15, 0.2) is 0 Å². The maximum atomic E-state index is 11.5. The van der Waals surface area contributed by atoms with Crippen LogP contribution in [0.4, 0.5) is 0 Å². The third-order valence-corrected chi connectivity index (χ3v) is 3.56. The van der Waals surface area contributed by atoms with E-state index >= 15 is 0 Å². The Morgan fingerprint density at radius 2 is 0.957 bits per heavy atom. The van der Waals surface area contributed by atoms with E-state index in [9.17, 15) is 9.59 Å². The number of hydrogen-bond donors (Lipinski definition) is 0. The number of carbonyl (C=O) groups excluding carboxylic acids is 2. The van der Waals surface area contributed by atoms with Crippen LogP contribution in [-0.2, 0) is 19.1 Å². The monoisotopic (exact) mass is 338 g/mol. The molecule has 0 aromatic heterocycles. The van der Waals surface area contributed by atoms with Gasteiger partial charge in [0, 0.05) is 0 Å². The van der Waals surface area contributed by atoms with Crippen molar-refractivity contribution in [2.75, 3.05) is 13.2 Å². The Labute approximate surface area is 164 Å². The summed E-state index contributed by atoms with van der Waals surface area (Å²) in [4.78, 5) is 22.9. The zero-order valence-corrected chi connectivity index (χ0v) is 14.5. The molecule has 0 aromatic rings. The molecule has 0 fully saturated rings. The minimum absolute atomic E-state index is 0. The van der Waals surface area contributed by atoms with Gasteiger partial charge in [0.1, 0.15) is 0 Å². The molecular formula is C18H35NaO4. The predicted molar refractivity (Wildman–Crippen MR) is 95.8 cm³/mol. The quantitative estimate of drug-likeness (QED) is 0.256. The average molecular weight is 338 g/mol. The Balaban J connectivity index is 0. The topological polar surface area (TPSA) is 52.6 Å². The minimum atomic E-state index is -0.296. The van der Waals surface area contributed by atoms with Gasteiger partial charge in [0.05, 0.1) is 26.1 Å². The zero-order valence-electron chi connectivity index (χ0n) is 14.5. The normalized spacial score (nSPS) is 10.0. The van der Waals surface area contributed by atoms with Crippen LogP contribution in [0, 0.1) is 0 Å². The van der Waals surface area contributed by atoms with Gasteiger partial charge in [-0.1, -0.05) is 65.2 Å². The Hall–Kier alpha value is -0.0600. The maximum absolute atomic E-state index is 11.5. The van der Waals surface area contributed by atoms with Crippen molar-refractivity contribution < 1.29 is 19.1 Å². The second-order valence-electron chi connectivity index (χ2n) is 5.77. The van der Waals surface area contributed by atoms with E-state index in [2.05, 4.69) is 13.8 Å². The fraction of sp³-hybridized carbons (Fsp3) is 0.889. The molecule has 0 aliphatic rings. The van der Waals surface area contributed by atoms with Gasteiger partial charge in [0.2, 0.25) is 0 Å². The van der Waals surface area contributed by atoms with Crippen molar-refractivity contribution in [1.82, 2.24) is 0 Å². The van der Waals surface area contributed by atoms with Crippen LogP contribution in [0.5, 0.6) is 0 Å². The fourth-order valence-corrected chi connectivity index (χ4v) is 2.13. The molecule has 0 atom stereocenters. The summed E-state index contributed by atoms with van der Waals surface area (Å²) in [5, 5.41) is 0. The van der Waals surface area contributed by atoms with Crippen LogP contribution in [0.3, 0.4) is 0 Å².